The number of fused-ring (bicyclic) bond motifs is 2. The summed E-state index contributed by atoms with van der Waals surface area (Å²) < 4.78 is 21.6. The van der Waals surface area contributed by atoms with Crippen LogP contribution in [-0.4, -0.2) is 20.9 Å². The molecule has 0 saturated heterocycles. The Balaban J connectivity index is 1.63. The van der Waals surface area contributed by atoms with E-state index < -0.39 is 17.8 Å². The molecule has 7 nitrogen and oxygen atoms in total. The van der Waals surface area contributed by atoms with E-state index in [0.29, 0.717) is 22.3 Å². The Kier molecular flexibility index (Phi) is 5.36. The van der Waals surface area contributed by atoms with Crippen LogP contribution in [0.3, 0.4) is 0 Å². The number of nitrogens with one attached hydrogen (secondary N) is 1. The van der Waals surface area contributed by atoms with Crippen LogP contribution in [0.25, 0.3) is 33.2 Å². The molecule has 0 saturated carbocycles. The molecule has 2 heterocycles. The lowest BCUT2D eigenvalue weighted by molar-refractivity contribution is 0.0697. The first kappa shape index (κ1) is 22.3. The summed E-state index contributed by atoms with van der Waals surface area (Å²) in [5.74, 6) is -1.46. The van der Waals surface area contributed by atoms with Crippen molar-refractivity contribution in [1.29, 1.82) is 0 Å². The molecule has 0 aliphatic carbocycles. The molecular formula is C27H22FN3O4. The van der Waals surface area contributed by atoms with Gasteiger partial charge in [0.1, 0.15) is 17.2 Å². The lowest BCUT2D eigenvalue weighted by atomic mass is 10.00. The number of carboxylic acid groups (broad SMARTS) is 1. The van der Waals surface area contributed by atoms with Crippen LogP contribution in [-0.2, 0) is 7.05 Å². The molecule has 35 heavy (non-hydrogen) atoms. The van der Waals surface area contributed by atoms with Crippen LogP contribution in [0.1, 0.15) is 34.5 Å². The minimum Gasteiger partial charge on any atom is -0.478 e. The van der Waals surface area contributed by atoms with Gasteiger partial charge in [0.15, 0.2) is 5.43 Å². The van der Waals surface area contributed by atoms with Gasteiger partial charge in [0, 0.05) is 41.5 Å². The fourth-order valence-corrected chi connectivity index (χ4v) is 4.33. The molecule has 0 fully saturated rings. The monoisotopic (exact) mass is 471 g/mol. The molecule has 2 aromatic heterocycles. The van der Waals surface area contributed by atoms with Crippen molar-refractivity contribution in [1.82, 2.24) is 9.78 Å². The summed E-state index contributed by atoms with van der Waals surface area (Å²) in [5, 5.41) is 18.4. The molecule has 2 N–H and O–H groups in total. The van der Waals surface area contributed by atoms with E-state index in [2.05, 4.69) is 10.4 Å². The zero-order valence-electron chi connectivity index (χ0n) is 19.3. The molecule has 1 atom stereocenters. The molecule has 8 heteroatoms. The van der Waals surface area contributed by atoms with E-state index in [0.717, 1.165) is 28.1 Å². The van der Waals surface area contributed by atoms with Gasteiger partial charge in [-0.15, -0.1) is 0 Å². The van der Waals surface area contributed by atoms with Gasteiger partial charge in [0.2, 0.25) is 0 Å². The molecule has 3 aromatic carbocycles. The van der Waals surface area contributed by atoms with Crippen molar-refractivity contribution >= 4 is 33.5 Å². The minimum absolute atomic E-state index is 0.180. The van der Waals surface area contributed by atoms with Crippen LogP contribution in [0, 0.1) is 12.7 Å². The van der Waals surface area contributed by atoms with Gasteiger partial charge in [-0.05, 0) is 61.9 Å². The summed E-state index contributed by atoms with van der Waals surface area (Å²) >= 11 is 0. The summed E-state index contributed by atoms with van der Waals surface area (Å²) in [6.07, 6.45) is 1.89. The molecular weight excluding hydrogens is 449 g/mol. The number of aromatic carboxylic acids is 1. The van der Waals surface area contributed by atoms with Crippen molar-refractivity contribution in [2.24, 2.45) is 7.05 Å². The second kappa shape index (κ2) is 8.39. The van der Waals surface area contributed by atoms with Gasteiger partial charge in [-0.3, -0.25) is 9.48 Å². The summed E-state index contributed by atoms with van der Waals surface area (Å²) in [6.45, 7) is 3.71. The molecule has 0 radical (unpaired) electrons. The quantitative estimate of drug-likeness (QED) is 0.343. The highest BCUT2D eigenvalue weighted by Gasteiger charge is 2.19. The molecule has 0 aliphatic heterocycles. The van der Waals surface area contributed by atoms with Gasteiger partial charge in [0.25, 0.3) is 0 Å². The van der Waals surface area contributed by atoms with E-state index in [1.165, 1.54) is 18.2 Å². The highest BCUT2D eigenvalue weighted by molar-refractivity contribution is 5.94. The number of anilines is 1. The summed E-state index contributed by atoms with van der Waals surface area (Å²) in [7, 11) is 1.84. The maximum atomic E-state index is 13.6. The van der Waals surface area contributed by atoms with E-state index in [9.17, 15) is 19.1 Å². The average molecular weight is 471 g/mol. The second-order valence-electron chi connectivity index (χ2n) is 8.64. The van der Waals surface area contributed by atoms with Crippen LogP contribution >= 0.6 is 0 Å². The summed E-state index contributed by atoms with van der Waals surface area (Å²) in [4.78, 5) is 24.7. The predicted molar refractivity (Wildman–Crippen MR) is 132 cm³/mol. The van der Waals surface area contributed by atoms with Crippen LogP contribution < -0.4 is 10.7 Å². The van der Waals surface area contributed by atoms with E-state index in [-0.39, 0.29) is 16.7 Å². The van der Waals surface area contributed by atoms with E-state index in [4.69, 9.17) is 4.42 Å². The Morgan fingerprint density at radius 1 is 1.14 bits per heavy atom. The topological polar surface area (TPSA) is 97.4 Å². The van der Waals surface area contributed by atoms with Crippen molar-refractivity contribution in [3.63, 3.8) is 0 Å². The van der Waals surface area contributed by atoms with Crippen molar-refractivity contribution in [2.45, 2.75) is 19.9 Å². The molecule has 5 aromatic rings. The first-order valence-corrected chi connectivity index (χ1v) is 11.0. The number of halogens is 1. The van der Waals surface area contributed by atoms with Crippen LogP contribution in [0.5, 0.6) is 0 Å². The Hall–Kier alpha value is -4.46. The van der Waals surface area contributed by atoms with Crippen LogP contribution in [0.4, 0.5) is 10.1 Å². The average Bonchev–Trinajstić information content (AvgIpc) is 3.19. The maximum absolute atomic E-state index is 13.6. The van der Waals surface area contributed by atoms with Gasteiger partial charge in [-0.25, -0.2) is 9.18 Å². The largest absolute Gasteiger partial charge is 0.478 e. The van der Waals surface area contributed by atoms with Gasteiger partial charge in [-0.2, -0.15) is 5.10 Å². The van der Waals surface area contributed by atoms with Crippen molar-refractivity contribution in [3.05, 3.63) is 93.5 Å². The third-order valence-corrected chi connectivity index (χ3v) is 5.96. The van der Waals surface area contributed by atoms with E-state index in [1.54, 1.807) is 10.7 Å². The SMILES string of the molecule is Cc1cc(C(C)Nc2ccc(F)cc2C(=O)O)c2oc(-c3ccc4nn(C)cc4c3)cc(=O)c2c1. The minimum atomic E-state index is -1.24. The fourth-order valence-electron chi connectivity index (χ4n) is 4.33. The van der Waals surface area contributed by atoms with E-state index >= 15 is 0 Å². The smallest absolute Gasteiger partial charge is 0.337 e. The zero-order valence-corrected chi connectivity index (χ0v) is 19.3. The fraction of sp³-hybridized carbons (Fsp3) is 0.148. The number of carbonyl (C=O) groups is 1. The first-order chi connectivity index (χ1) is 16.7. The number of nitrogens with zero attached hydrogens (tertiary/aromatic N) is 2. The number of hydrogen-bond donors (Lipinski definition) is 2. The lowest BCUT2D eigenvalue weighted by Gasteiger charge is -2.19. The molecule has 0 bridgehead atoms. The van der Waals surface area contributed by atoms with Crippen molar-refractivity contribution in [2.75, 3.05) is 5.32 Å². The second-order valence-corrected chi connectivity index (χ2v) is 8.64. The Morgan fingerprint density at radius 3 is 2.71 bits per heavy atom. The molecule has 0 amide bonds. The normalized spacial score (nSPS) is 12.2. The third kappa shape index (κ3) is 4.14. The van der Waals surface area contributed by atoms with Gasteiger partial charge >= 0.3 is 5.97 Å². The van der Waals surface area contributed by atoms with E-state index in [1.807, 2.05) is 51.4 Å². The number of benzene rings is 3. The van der Waals surface area contributed by atoms with Crippen LogP contribution in [0.2, 0.25) is 0 Å². The standard InChI is InChI=1S/C27H22FN3O4/c1-14-8-19(15(2)29-23-7-5-18(28)11-20(23)27(33)34)26-21(9-14)24(32)12-25(35-26)16-4-6-22-17(10-16)13-31(3)30-22/h4-13,15,29H,1-3H3,(H,33,34). The number of aryl methyl sites for hydroxylation is 2. The summed E-state index contributed by atoms with van der Waals surface area (Å²) in [6, 6.07) is 13.9. The lowest BCUT2D eigenvalue weighted by Crippen LogP contribution is -2.13. The van der Waals surface area contributed by atoms with Crippen molar-refractivity contribution in [3.8, 4) is 11.3 Å². The Bertz CT molecular complexity index is 1690. The van der Waals surface area contributed by atoms with Gasteiger partial charge in [-0.1, -0.05) is 6.07 Å². The molecule has 5 rings (SSSR count). The predicted octanol–water partition coefficient (Wildman–Crippen LogP) is 5.67. The first-order valence-electron chi connectivity index (χ1n) is 11.0. The van der Waals surface area contributed by atoms with Gasteiger partial charge < -0.3 is 14.8 Å². The van der Waals surface area contributed by atoms with Crippen LogP contribution in [0.15, 0.2) is 70.0 Å². The molecule has 0 aliphatic rings. The molecule has 0 spiro atoms. The highest BCUT2D eigenvalue weighted by atomic mass is 19.1. The highest BCUT2D eigenvalue weighted by Crippen LogP contribution is 2.32. The maximum Gasteiger partial charge on any atom is 0.337 e. The number of carboxylic acids is 1. The number of rotatable bonds is 5. The molecule has 1 unspecified atom stereocenters. The molecule has 176 valence electrons. The Labute approximate surface area is 199 Å². The summed E-state index contributed by atoms with van der Waals surface area (Å²) in [5.41, 5.74) is 3.42. The Morgan fingerprint density at radius 2 is 1.94 bits per heavy atom. The number of aromatic nitrogens is 2. The van der Waals surface area contributed by atoms with Crippen molar-refractivity contribution < 1.29 is 18.7 Å². The third-order valence-electron chi connectivity index (χ3n) is 5.96. The zero-order chi connectivity index (χ0) is 24.9. The number of hydrogen-bond acceptors (Lipinski definition) is 5. The van der Waals surface area contributed by atoms with Gasteiger partial charge in [0.05, 0.1) is 22.5 Å².